The van der Waals surface area contributed by atoms with E-state index in [-0.39, 0.29) is 18.7 Å². The number of nitrogens with zero attached hydrogens (tertiary/aromatic N) is 4. The van der Waals surface area contributed by atoms with Crippen molar-refractivity contribution in [2.75, 3.05) is 6.54 Å². The normalized spacial score (nSPS) is 11.6. The van der Waals surface area contributed by atoms with E-state index in [1.807, 2.05) is 0 Å². The van der Waals surface area contributed by atoms with Crippen molar-refractivity contribution in [2.45, 2.75) is 12.3 Å². The van der Waals surface area contributed by atoms with Crippen molar-refractivity contribution in [3.63, 3.8) is 0 Å². The maximum Gasteiger partial charge on any atom is 0.266 e. The number of sulfonamides is 1. The van der Waals surface area contributed by atoms with Gasteiger partial charge < -0.3 is 0 Å². The first-order chi connectivity index (χ1) is 12.8. The van der Waals surface area contributed by atoms with E-state index < -0.39 is 33.0 Å². The maximum atomic E-state index is 13.6. The average Bonchev–Trinajstić information content (AvgIpc) is 3.14. The number of rotatable bonds is 7. The summed E-state index contributed by atoms with van der Waals surface area (Å²) in [7, 11) is -3.93. The van der Waals surface area contributed by atoms with E-state index in [0.717, 1.165) is 22.9 Å². The van der Waals surface area contributed by atoms with Gasteiger partial charge in [-0.25, -0.2) is 31.3 Å². The number of aromatic nitrogens is 4. The first-order valence-electron chi connectivity index (χ1n) is 7.83. The topological polar surface area (TPSA) is 98.9 Å². The maximum absolute atomic E-state index is 13.6. The van der Waals surface area contributed by atoms with E-state index in [9.17, 15) is 22.0 Å². The Bertz CT molecular complexity index is 1100. The molecule has 3 rings (SSSR count). The smallest absolute Gasteiger partial charge is 0.266 e. The summed E-state index contributed by atoms with van der Waals surface area (Å²) in [6.45, 7) is -0.187. The highest BCUT2D eigenvalue weighted by Gasteiger charge is 2.15. The minimum atomic E-state index is -3.93. The molecule has 0 spiro atoms. The lowest BCUT2D eigenvalue weighted by atomic mass is 10.2. The van der Waals surface area contributed by atoms with Crippen LogP contribution in [0.3, 0.4) is 0 Å². The van der Waals surface area contributed by atoms with Gasteiger partial charge in [0.2, 0.25) is 10.0 Å². The molecule has 1 aromatic carbocycles. The summed E-state index contributed by atoms with van der Waals surface area (Å²) in [5.74, 6) is -1.87. The molecule has 0 amide bonds. The van der Waals surface area contributed by atoms with Gasteiger partial charge in [-0.3, -0.25) is 4.79 Å². The zero-order valence-electron chi connectivity index (χ0n) is 13.9. The van der Waals surface area contributed by atoms with Crippen LogP contribution >= 0.6 is 0 Å². The second-order valence-corrected chi connectivity index (χ2v) is 7.40. The zero-order chi connectivity index (χ0) is 19.4. The first-order valence-corrected chi connectivity index (χ1v) is 9.49. The van der Waals surface area contributed by atoms with Crippen LogP contribution in [0, 0.1) is 11.6 Å². The predicted octanol–water partition coefficient (Wildman–Crippen LogP) is 0.827. The van der Waals surface area contributed by atoms with Crippen molar-refractivity contribution in [1.82, 2.24) is 24.3 Å². The molecule has 142 valence electrons. The van der Waals surface area contributed by atoms with Crippen LogP contribution in [-0.4, -0.2) is 34.5 Å². The minimum Gasteiger partial charge on any atom is -0.268 e. The highest BCUT2D eigenvalue weighted by molar-refractivity contribution is 7.88. The highest BCUT2D eigenvalue weighted by atomic mass is 32.2. The van der Waals surface area contributed by atoms with Gasteiger partial charge in [-0.2, -0.15) is 5.10 Å². The Hall–Kier alpha value is -2.92. The van der Waals surface area contributed by atoms with E-state index in [4.69, 9.17) is 0 Å². The summed E-state index contributed by atoms with van der Waals surface area (Å²) in [6, 6.07) is 7.07. The average molecular weight is 395 g/mol. The second kappa shape index (κ2) is 7.76. The third-order valence-corrected chi connectivity index (χ3v) is 4.93. The van der Waals surface area contributed by atoms with Gasteiger partial charge in [0.1, 0.15) is 11.6 Å². The van der Waals surface area contributed by atoms with Crippen LogP contribution in [0.1, 0.15) is 5.56 Å². The zero-order valence-corrected chi connectivity index (χ0v) is 14.7. The number of benzene rings is 1. The third-order valence-electron chi connectivity index (χ3n) is 3.59. The summed E-state index contributed by atoms with van der Waals surface area (Å²) in [5, 5.41) is 8.10. The van der Waals surface area contributed by atoms with E-state index in [1.165, 1.54) is 16.8 Å². The molecule has 27 heavy (non-hydrogen) atoms. The summed E-state index contributed by atoms with van der Waals surface area (Å²) >= 11 is 0. The Labute approximate surface area is 153 Å². The summed E-state index contributed by atoms with van der Waals surface area (Å²) in [4.78, 5) is 11.9. The number of halogens is 2. The van der Waals surface area contributed by atoms with E-state index in [0.29, 0.717) is 5.82 Å². The molecule has 0 saturated carbocycles. The summed E-state index contributed by atoms with van der Waals surface area (Å²) in [5.41, 5.74) is -0.695. The van der Waals surface area contributed by atoms with E-state index in [1.54, 1.807) is 18.5 Å². The monoisotopic (exact) mass is 395 g/mol. The lowest BCUT2D eigenvalue weighted by molar-refractivity contribution is 0.539. The van der Waals surface area contributed by atoms with Crippen LogP contribution in [0.5, 0.6) is 0 Å². The molecule has 2 aromatic heterocycles. The van der Waals surface area contributed by atoms with Crippen molar-refractivity contribution >= 4 is 10.0 Å². The van der Waals surface area contributed by atoms with Gasteiger partial charge in [-0.15, -0.1) is 5.10 Å². The van der Waals surface area contributed by atoms with Gasteiger partial charge in [0.25, 0.3) is 5.56 Å². The number of nitrogens with one attached hydrogen (secondary N) is 1. The van der Waals surface area contributed by atoms with Crippen molar-refractivity contribution in [2.24, 2.45) is 0 Å². The summed E-state index contributed by atoms with van der Waals surface area (Å²) in [6.07, 6.45) is 3.20. The van der Waals surface area contributed by atoms with E-state index in [2.05, 4.69) is 14.9 Å². The molecule has 2 heterocycles. The molecular weight excluding hydrogens is 380 g/mol. The Morgan fingerprint density at radius 1 is 1.15 bits per heavy atom. The Morgan fingerprint density at radius 3 is 2.70 bits per heavy atom. The number of hydrogen-bond donors (Lipinski definition) is 1. The molecule has 0 aliphatic rings. The lowest BCUT2D eigenvalue weighted by Gasteiger charge is -2.09. The molecule has 0 bridgehead atoms. The van der Waals surface area contributed by atoms with Crippen LogP contribution in [0.25, 0.3) is 5.82 Å². The van der Waals surface area contributed by atoms with Gasteiger partial charge in [0, 0.05) is 30.6 Å². The fourth-order valence-electron chi connectivity index (χ4n) is 2.34. The molecule has 0 radical (unpaired) electrons. The quantitative estimate of drug-likeness (QED) is 0.639. The summed E-state index contributed by atoms with van der Waals surface area (Å²) < 4.78 is 55.7. The Balaban J connectivity index is 1.66. The van der Waals surface area contributed by atoms with Crippen LogP contribution in [0.15, 0.2) is 53.6 Å². The van der Waals surface area contributed by atoms with Gasteiger partial charge in [-0.05, 0) is 30.3 Å². The van der Waals surface area contributed by atoms with Crippen LogP contribution < -0.4 is 10.3 Å². The molecule has 0 saturated heterocycles. The third kappa shape index (κ3) is 4.83. The Morgan fingerprint density at radius 2 is 1.96 bits per heavy atom. The molecule has 8 nitrogen and oxygen atoms in total. The van der Waals surface area contributed by atoms with Gasteiger partial charge in [-0.1, -0.05) is 0 Å². The molecule has 1 N–H and O–H groups in total. The molecular formula is C16H15F2N5O3S. The molecule has 11 heteroatoms. The van der Waals surface area contributed by atoms with Crippen molar-refractivity contribution < 1.29 is 17.2 Å². The van der Waals surface area contributed by atoms with Crippen LogP contribution in [-0.2, 0) is 22.3 Å². The first kappa shape index (κ1) is 18.9. The second-order valence-electron chi connectivity index (χ2n) is 5.59. The molecule has 0 aliphatic carbocycles. The van der Waals surface area contributed by atoms with Gasteiger partial charge in [0.15, 0.2) is 5.82 Å². The molecule has 0 fully saturated rings. The SMILES string of the molecule is O=c1ccc(-n2cccn2)nn1CCNS(=O)(=O)Cc1cc(F)ccc1F. The molecule has 0 unspecified atom stereocenters. The van der Waals surface area contributed by atoms with Gasteiger partial charge >= 0.3 is 0 Å². The highest BCUT2D eigenvalue weighted by Crippen LogP contribution is 2.12. The van der Waals surface area contributed by atoms with Crippen LogP contribution in [0.4, 0.5) is 8.78 Å². The minimum absolute atomic E-state index is 0.0429. The van der Waals surface area contributed by atoms with E-state index >= 15 is 0 Å². The lowest BCUT2D eigenvalue weighted by Crippen LogP contribution is -2.33. The fourth-order valence-corrected chi connectivity index (χ4v) is 3.48. The molecule has 0 atom stereocenters. The Kier molecular flexibility index (Phi) is 5.42. The fraction of sp³-hybridized carbons (Fsp3) is 0.188. The van der Waals surface area contributed by atoms with Crippen LogP contribution in [0.2, 0.25) is 0 Å². The molecule has 0 aliphatic heterocycles. The number of hydrogen-bond acceptors (Lipinski definition) is 5. The van der Waals surface area contributed by atoms with Crippen molar-refractivity contribution in [1.29, 1.82) is 0 Å². The predicted molar refractivity (Wildman–Crippen MR) is 92.6 cm³/mol. The van der Waals surface area contributed by atoms with Gasteiger partial charge in [0.05, 0.1) is 12.3 Å². The van der Waals surface area contributed by atoms with Crippen molar-refractivity contribution in [3.05, 3.63) is 76.3 Å². The van der Waals surface area contributed by atoms with Crippen molar-refractivity contribution in [3.8, 4) is 5.82 Å². The molecule has 3 aromatic rings. The standard InChI is InChI=1S/C16H15F2N5O3S/c17-13-2-3-14(18)12(10-13)11-27(25,26)20-7-9-23-16(24)5-4-15(21-23)22-8-1-6-19-22/h1-6,8,10,20H,7,9,11H2. The largest absolute Gasteiger partial charge is 0.268 e.